The van der Waals surface area contributed by atoms with Crippen molar-refractivity contribution in [3.63, 3.8) is 0 Å². The number of nitrogens with one attached hydrogen (secondary N) is 1. The second-order valence-corrected chi connectivity index (χ2v) is 6.65. The van der Waals surface area contributed by atoms with Gasteiger partial charge in [0.05, 0.1) is 5.56 Å². The SMILES string of the molecule is O=C(NCCC(=O)N1CCN(Cc2cccnc2)CC1)c1ccc(F)cc1F. The topological polar surface area (TPSA) is 65.5 Å². The van der Waals surface area contributed by atoms with Crippen LogP contribution in [0.2, 0.25) is 0 Å². The molecule has 2 heterocycles. The smallest absolute Gasteiger partial charge is 0.254 e. The van der Waals surface area contributed by atoms with E-state index in [9.17, 15) is 18.4 Å². The summed E-state index contributed by atoms with van der Waals surface area (Å²) < 4.78 is 26.5. The molecule has 0 radical (unpaired) electrons. The van der Waals surface area contributed by atoms with Crippen molar-refractivity contribution in [2.24, 2.45) is 0 Å². The van der Waals surface area contributed by atoms with E-state index >= 15 is 0 Å². The van der Waals surface area contributed by atoms with Crippen molar-refractivity contribution < 1.29 is 18.4 Å². The van der Waals surface area contributed by atoms with Gasteiger partial charge in [-0.25, -0.2) is 8.78 Å². The monoisotopic (exact) mass is 388 g/mol. The number of amides is 2. The number of carbonyl (C=O) groups excluding carboxylic acids is 2. The first-order valence-electron chi connectivity index (χ1n) is 9.15. The number of carbonyl (C=O) groups is 2. The van der Waals surface area contributed by atoms with E-state index in [-0.39, 0.29) is 24.4 Å². The van der Waals surface area contributed by atoms with Gasteiger partial charge in [0.1, 0.15) is 11.6 Å². The Bertz CT molecular complexity index is 824. The Balaban J connectivity index is 1.39. The molecule has 0 spiro atoms. The summed E-state index contributed by atoms with van der Waals surface area (Å²) in [6.45, 7) is 3.69. The lowest BCUT2D eigenvalue weighted by molar-refractivity contribution is -0.132. The average Bonchev–Trinajstić information content (AvgIpc) is 2.69. The molecule has 8 heteroatoms. The number of pyridine rings is 1. The second-order valence-electron chi connectivity index (χ2n) is 6.65. The molecule has 6 nitrogen and oxygen atoms in total. The molecule has 1 fully saturated rings. The van der Waals surface area contributed by atoms with Gasteiger partial charge in [-0.1, -0.05) is 6.07 Å². The van der Waals surface area contributed by atoms with E-state index in [0.717, 1.165) is 37.3 Å². The number of piperazine rings is 1. The lowest BCUT2D eigenvalue weighted by Gasteiger charge is -2.34. The van der Waals surface area contributed by atoms with Gasteiger partial charge >= 0.3 is 0 Å². The quantitative estimate of drug-likeness (QED) is 0.820. The predicted molar refractivity (Wildman–Crippen MR) is 99.4 cm³/mol. The van der Waals surface area contributed by atoms with Gasteiger partial charge in [0, 0.05) is 64.1 Å². The summed E-state index contributed by atoms with van der Waals surface area (Å²) in [5.41, 5.74) is 0.899. The highest BCUT2D eigenvalue weighted by Gasteiger charge is 2.21. The number of hydrogen-bond acceptors (Lipinski definition) is 4. The molecule has 28 heavy (non-hydrogen) atoms. The number of nitrogens with zero attached hydrogens (tertiary/aromatic N) is 3. The number of halogens is 2. The summed E-state index contributed by atoms with van der Waals surface area (Å²) in [5.74, 6) is -2.38. The maximum atomic E-state index is 13.6. The predicted octanol–water partition coefficient (Wildman–Crippen LogP) is 1.82. The van der Waals surface area contributed by atoms with Crippen molar-refractivity contribution in [3.8, 4) is 0 Å². The van der Waals surface area contributed by atoms with E-state index in [0.29, 0.717) is 19.2 Å². The first-order valence-corrected chi connectivity index (χ1v) is 9.15. The molecule has 2 amide bonds. The van der Waals surface area contributed by atoms with E-state index in [4.69, 9.17) is 0 Å². The highest BCUT2D eigenvalue weighted by molar-refractivity contribution is 5.94. The summed E-state index contributed by atoms with van der Waals surface area (Å²) in [5, 5.41) is 2.50. The van der Waals surface area contributed by atoms with Crippen molar-refractivity contribution in [2.75, 3.05) is 32.7 Å². The molecule has 1 saturated heterocycles. The molecule has 1 aliphatic rings. The molecule has 148 valence electrons. The number of benzene rings is 1. The first kappa shape index (κ1) is 19.9. The molecule has 1 aromatic carbocycles. The molecule has 0 aliphatic carbocycles. The maximum absolute atomic E-state index is 13.6. The van der Waals surface area contributed by atoms with Gasteiger partial charge < -0.3 is 10.2 Å². The molecular formula is C20H22F2N4O2. The zero-order valence-electron chi connectivity index (χ0n) is 15.4. The minimum Gasteiger partial charge on any atom is -0.351 e. The lowest BCUT2D eigenvalue weighted by atomic mass is 10.2. The summed E-state index contributed by atoms with van der Waals surface area (Å²) in [7, 11) is 0. The van der Waals surface area contributed by atoms with Crippen LogP contribution in [0.15, 0.2) is 42.7 Å². The van der Waals surface area contributed by atoms with Gasteiger partial charge in [-0.05, 0) is 23.8 Å². The normalized spacial score (nSPS) is 14.7. The Kier molecular flexibility index (Phi) is 6.65. The van der Waals surface area contributed by atoms with Crippen LogP contribution in [0.1, 0.15) is 22.3 Å². The Labute approximate surface area is 162 Å². The Morgan fingerprint density at radius 3 is 2.57 bits per heavy atom. The second kappa shape index (κ2) is 9.36. The summed E-state index contributed by atoms with van der Waals surface area (Å²) in [6.07, 6.45) is 3.71. The number of rotatable bonds is 6. The van der Waals surface area contributed by atoms with Crippen LogP contribution < -0.4 is 5.32 Å². The van der Waals surface area contributed by atoms with Crippen LogP contribution in [0.4, 0.5) is 8.78 Å². The van der Waals surface area contributed by atoms with Crippen LogP contribution in [-0.2, 0) is 11.3 Å². The molecule has 0 atom stereocenters. The fraction of sp³-hybridized carbons (Fsp3) is 0.350. The molecule has 0 saturated carbocycles. The number of hydrogen-bond donors (Lipinski definition) is 1. The molecule has 2 aromatic rings. The highest BCUT2D eigenvalue weighted by Crippen LogP contribution is 2.10. The Hall–Kier alpha value is -2.87. The molecule has 1 aliphatic heterocycles. The standard InChI is InChI=1S/C20H22F2N4O2/c21-16-3-4-17(18(22)12-16)20(28)24-7-5-19(27)26-10-8-25(9-11-26)14-15-2-1-6-23-13-15/h1-4,6,12-13H,5,7-11,14H2,(H,24,28). The Morgan fingerprint density at radius 1 is 1.11 bits per heavy atom. The molecule has 0 unspecified atom stereocenters. The molecular weight excluding hydrogens is 366 g/mol. The molecule has 0 bridgehead atoms. The van der Waals surface area contributed by atoms with E-state index in [1.54, 1.807) is 11.1 Å². The van der Waals surface area contributed by atoms with Crippen molar-refractivity contribution in [1.29, 1.82) is 0 Å². The average molecular weight is 388 g/mol. The Morgan fingerprint density at radius 2 is 1.89 bits per heavy atom. The van der Waals surface area contributed by atoms with Gasteiger partial charge in [-0.3, -0.25) is 19.5 Å². The van der Waals surface area contributed by atoms with E-state index < -0.39 is 17.5 Å². The van der Waals surface area contributed by atoms with E-state index in [1.807, 2.05) is 18.3 Å². The van der Waals surface area contributed by atoms with Crippen molar-refractivity contribution >= 4 is 11.8 Å². The van der Waals surface area contributed by atoms with Crippen LogP contribution in [0.5, 0.6) is 0 Å². The van der Waals surface area contributed by atoms with Crippen LogP contribution >= 0.6 is 0 Å². The van der Waals surface area contributed by atoms with Crippen molar-refractivity contribution in [1.82, 2.24) is 20.1 Å². The highest BCUT2D eigenvalue weighted by atomic mass is 19.1. The van der Waals surface area contributed by atoms with Crippen LogP contribution in [-0.4, -0.2) is 59.3 Å². The van der Waals surface area contributed by atoms with Crippen molar-refractivity contribution in [3.05, 3.63) is 65.5 Å². The van der Waals surface area contributed by atoms with Crippen molar-refractivity contribution in [2.45, 2.75) is 13.0 Å². The largest absolute Gasteiger partial charge is 0.351 e. The molecule has 3 rings (SSSR count). The van der Waals surface area contributed by atoms with Gasteiger partial charge in [0.2, 0.25) is 5.91 Å². The van der Waals surface area contributed by atoms with Crippen LogP contribution in [0.25, 0.3) is 0 Å². The first-order chi connectivity index (χ1) is 13.5. The minimum atomic E-state index is -0.923. The molecule has 1 N–H and O–H groups in total. The molecule has 1 aromatic heterocycles. The van der Waals surface area contributed by atoms with Gasteiger partial charge in [0.15, 0.2) is 0 Å². The third kappa shape index (κ3) is 5.32. The minimum absolute atomic E-state index is 0.0547. The third-order valence-electron chi connectivity index (χ3n) is 4.65. The summed E-state index contributed by atoms with van der Waals surface area (Å²) in [6, 6.07) is 6.70. The van der Waals surface area contributed by atoms with Crippen LogP contribution in [0, 0.1) is 11.6 Å². The third-order valence-corrected chi connectivity index (χ3v) is 4.65. The summed E-state index contributed by atoms with van der Waals surface area (Å²) >= 11 is 0. The van der Waals surface area contributed by atoms with Gasteiger partial charge in [-0.15, -0.1) is 0 Å². The fourth-order valence-electron chi connectivity index (χ4n) is 3.12. The van der Waals surface area contributed by atoms with Crippen LogP contribution in [0.3, 0.4) is 0 Å². The zero-order valence-corrected chi connectivity index (χ0v) is 15.4. The van der Waals surface area contributed by atoms with Gasteiger partial charge in [-0.2, -0.15) is 0 Å². The fourth-order valence-corrected chi connectivity index (χ4v) is 3.12. The van der Waals surface area contributed by atoms with Gasteiger partial charge in [0.25, 0.3) is 5.91 Å². The lowest BCUT2D eigenvalue weighted by Crippen LogP contribution is -2.48. The maximum Gasteiger partial charge on any atom is 0.254 e. The summed E-state index contributed by atoms with van der Waals surface area (Å²) in [4.78, 5) is 32.4. The van der Waals surface area contributed by atoms with E-state index in [1.165, 1.54) is 0 Å². The zero-order chi connectivity index (χ0) is 19.9. The van der Waals surface area contributed by atoms with E-state index in [2.05, 4.69) is 15.2 Å². The number of aromatic nitrogens is 1.